The van der Waals surface area contributed by atoms with Gasteiger partial charge < -0.3 is 10.4 Å². The number of nitrogens with zero attached hydrogens (tertiary/aromatic N) is 1. The number of hydrogen-bond acceptors (Lipinski definition) is 4. The van der Waals surface area contributed by atoms with Crippen LogP contribution in [0, 0.1) is 0 Å². The summed E-state index contributed by atoms with van der Waals surface area (Å²) in [5, 5.41) is 11.4. The van der Waals surface area contributed by atoms with Crippen LogP contribution in [0.1, 0.15) is 12.0 Å². The summed E-state index contributed by atoms with van der Waals surface area (Å²) >= 11 is 1.72. The number of aromatic nitrogens is 1. The molecule has 0 bridgehead atoms. The number of amides is 1. The van der Waals surface area contributed by atoms with Crippen molar-refractivity contribution in [1.29, 1.82) is 0 Å². The number of halogens is 1. The lowest BCUT2D eigenvalue weighted by Gasteiger charge is -2.10. The van der Waals surface area contributed by atoms with E-state index in [4.69, 9.17) is 5.11 Å². The minimum absolute atomic E-state index is 0.0939. The van der Waals surface area contributed by atoms with Gasteiger partial charge in [0.25, 0.3) is 0 Å². The van der Waals surface area contributed by atoms with Crippen molar-refractivity contribution in [1.82, 2.24) is 13.8 Å². The molecule has 7 heteroatoms. The second-order valence-electron chi connectivity index (χ2n) is 3.34. The fraction of sp³-hybridized carbons (Fsp3) is 0.300. The monoisotopic (exact) mass is 349 g/mol. The average Bonchev–Trinajstić information content (AvgIpc) is 2.34. The van der Waals surface area contributed by atoms with Gasteiger partial charge in [-0.1, -0.05) is 0 Å². The molecule has 1 amide bonds. The summed E-state index contributed by atoms with van der Waals surface area (Å²) in [6.07, 6.45) is 3.17. The fourth-order valence-electron chi connectivity index (χ4n) is 1.13. The van der Waals surface area contributed by atoms with Crippen LogP contribution in [0.2, 0.25) is 0 Å². The maximum absolute atomic E-state index is 11.5. The van der Waals surface area contributed by atoms with Gasteiger partial charge in [0.2, 0.25) is 5.91 Å². The minimum Gasteiger partial charge on any atom is -0.480 e. The van der Waals surface area contributed by atoms with E-state index in [1.165, 1.54) is 0 Å². The van der Waals surface area contributed by atoms with Crippen LogP contribution < -0.4 is 8.85 Å². The third-order valence-corrected chi connectivity index (χ3v) is 2.81. The average molecular weight is 349 g/mol. The van der Waals surface area contributed by atoms with Crippen molar-refractivity contribution >= 4 is 34.7 Å². The largest absolute Gasteiger partial charge is 0.480 e. The van der Waals surface area contributed by atoms with Crippen LogP contribution in [0.5, 0.6) is 0 Å². The summed E-state index contributed by atoms with van der Waals surface area (Å²) in [5.74, 6) is -1.35. The molecule has 3 N–H and O–H groups in total. The lowest BCUT2D eigenvalue weighted by molar-refractivity contribution is -0.140. The standard InChI is InChI=1S/C10H12IN3O3/c11-14-8(10(16)17)5-9(15)13-6-7-1-3-12-4-2-7/h1-4,8,14H,5-6H2,(H,13,15)(H,16,17)/t8-/m0/s1. The topological polar surface area (TPSA) is 91.3 Å². The van der Waals surface area contributed by atoms with Gasteiger partial charge in [0.1, 0.15) is 6.04 Å². The third-order valence-electron chi connectivity index (χ3n) is 2.06. The molecular formula is C10H12IN3O3. The van der Waals surface area contributed by atoms with Crippen molar-refractivity contribution < 1.29 is 14.7 Å². The first-order chi connectivity index (χ1) is 8.13. The molecule has 0 aliphatic carbocycles. The van der Waals surface area contributed by atoms with Crippen molar-refractivity contribution in [2.45, 2.75) is 19.0 Å². The smallest absolute Gasteiger partial charge is 0.321 e. The lowest BCUT2D eigenvalue weighted by Crippen LogP contribution is -2.36. The number of hydrogen-bond donors (Lipinski definition) is 3. The van der Waals surface area contributed by atoms with Crippen molar-refractivity contribution in [2.24, 2.45) is 0 Å². The Morgan fingerprint density at radius 3 is 2.59 bits per heavy atom. The molecule has 92 valence electrons. The molecule has 17 heavy (non-hydrogen) atoms. The molecule has 6 nitrogen and oxygen atoms in total. The predicted octanol–water partition coefficient (Wildman–Crippen LogP) is 0.481. The summed E-state index contributed by atoms with van der Waals surface area (Å²) in [4.78, 5) is 26.0. The molecule has 1 heterocycles. The summed E-state index contributed by atoms with van der Waals surface area (Å²) in [6, 6.07) is 2.70. The summed E-state index contributed by atoms with van der Waals surface area (Å²) in [5.41, 5.74) is 0.919. The second-order valence-corrected chi connectivity index (χ2v) is 3.96. The van der Waals surface area contributed by atoms with E-state index in [1.54, 1.807) is 47.4 Å². The molecule has 0 unspecified atom stereocenters. The van der Waals surface area contributed by atoms with E-state index < -0.39 is 12.0 Å². The van der Waals surface area contributed by atoms with E-state index in [-0.39, 0.29) is 12.3 Å². The zero-order valence-corrected chi connectivity index (χ0v) is 11.0. The second kappa shape index (κ2) is 7.17. The van der Waals surface area contributed by atoms with E-state index in [2.05, 4.69) is 13.8 Å². The summed E-state index contributed by atoms with van der Waals surface area (Å²) in [7, 11) is 0. The Bertz CT molecular complexity index is 386. The highest BCUT2D eigenvalue weighted by molar-refractivity contribution is 14.1. The highest BCUT2D eigenvalue weighted by Crippen LogP contribution is 1.98. The molecule has 0 fully saturated rings. The van der Waals surface area contributed by atoms with Gasteiger partial charge in [-0.05, 0) is 17.7 Å². The number of nitrogens with one attached hydrogen (secondary N) is 2. The molecule has 0 spiro atoms. The van der Waals surface area contributed by atoms with Gasteiger partial charge >= 0.3 is 5.97 Å². The number of carbonyl (C=O) groups excluding carboxylic acids is 1. The van der Waals surface area contributed by atoms with Crippen LogP contribution in [0.25, 0.3) is 0 Å². The number of rotatable bonds is 6. The van der Waals surface area contributed by atoms with Crippen LogP contribution in [-0.4, -0.2) is 28.0 Å². The molecule has 1 aromatic rings. The molecule has 0 aliphatic heterocycles. The molecule has 0 aliphatic rings. The zero-order chi connectivity index (χ0) is 12.7. The van der Waals surface area contributed by atoms with Crippen LogP contribution in [0.3, 0.4) is 0 Å². The van der Waals surface area contributed by atoms with Gasteiger partial charge in [-0.25, -0.2) is 3.53 Å². The van der Waals surface area contributed by atoms with E-state index in [9.17, 15) is 9.59 Å². The first-order valence-electron chi connectivity index (χ1n) is 4.88. The van der Waals surface area contributed by atoms with Gasteiger partial charge in [0.15, 0.2) is 0 Å². The molecule has 0 aromatic carbocycles. The molecule has 0 saturated heterocycles. The number of aliphatic carboxylic acids is 1. The lowest BCUT2D eigenvalue weighted by atomic mass is 10.2. The number of carboxylic acids is 1. The van der Waals surface area contributed by atoms with Gasteiger partial charge in [0.05, 0.1) is 6.42 Å². The molecular weight excluding hydrogens is 337 g/mol. The summed E-state index contributed by atoms with van der Waals surface area (Å²) < 4.78 is 2.53. The predicted molar refractivity (Wildman–Crippen MR) is 69.3 cm³/mol. The first-order valence-corrected chi connectivity index (χ1v) is 5.96. The van der Waals surface area contributed by atoms with Crippen LogP contribution in [-0.2, 0) is 16.1 Å². The SMILES string of the molecule is O=C(C[C@H](NI)C(=O)O)NCc1ccncc1. The Morgan fingerprint density at radius 1 is 1.41 bits per heavy atom. The molecule has 0 radical (unpaired) electrons. The normalized spacial score (nSPS) is 11.8. The van der Waals surface area contributed by atoms with Gasteiger partial charge in [-0.2, -0.15) is 0 Å². The Balaban J connectivity index is 2.37. The highest BCUT2D eigenvalue weighted by atomic mass is 127. The van der Waals surface area contributed by atoms with Crippen LogP contribution in [0.4, 0.5) is 0 Å². The Kier molecular flexibility index (Phi) is 5.84. The van der Waals surface area contributed by atoms with Gasteiger partial charge in [0, 0.05) is 41.8 Å². The van der Waals surface area contributed by atoms with E-state index >= 15 is 0 Å². The fourth-order valence-corrected chi connectivity index (χ4v) is 1.62. The molecule has 1 atom stereocenters. The van der Waals surface area contributed by atoms with Crippen molar-refractivity contribution in [2.75, 3.05) is 0 Å². The highest BCUT2D eigenvalue weighted by Gasteiger charge is 2.19. The van der Waals surface area contributed by atoms with Crippen molar-refractivity contribution in [3.8, 4) is 0 Å². The Hall–Kier alpha value is -1.22. The number of pyridine rings is 1. The van der Waals surface area contributed by atoms with E-state index in [0.717, 1.165) is 5.56 Å². The molecule has 0 saturated carbocycles. The van der Waals surface area contributed by atoms with Crippen molar-refractivity contribution in [3.05, 3.63) is 30.1 Å². The molecule has 1 rings (SSSR count). The van der Waals surface area contributed by atoms with E-state index in [1.807, 2.05) is 0 Å². The maximum atomic E-state index is 11.5. The first kappa shape index (κ1) is 13.8. The van der Waals surface area contributed by atoms with Crippen molar-refractivity contribution in [3.63, 3.8) is 0 Å². The maximum Gasteiger partial charge on any atom is 0.321 e. The van der Waals surface area contributed by atoms with E-state index in [0.29, 0.717) is 6.54 Å². The summed E-state index contributed by atoms with van der Waals surface area (Å²) in [6.45, 7) is 0.370. The third kappa shape index (κ3) is 5.09. The molecule has 1 aromatic heterocycles. The Labute approximate surface area is 112 Å². The zero-order valence-electron chi connectivity index (χ0n) is 8.89. The number of carboxylic acid groups (broad SMARTS) is 1. The Morgan fingerprint density at radius 2 is 2.06 bits per heavy atom. The van der Waals surface area contributed by atoms with Crippen LogP contribution in [0.15, 0.2) is 24.5 Å². The quantitative estimate of drug-likeness (QED) is 0.513. The van der Waals surface area contributed by atoms with Gasteiger partial charge in [-0.15, -0.1) is 0 Å². The minimum atomic E-state index is -1.04. The van der Waals surface area contributed by atoms with Crippen LogP contribution >= 0.6 is 22.9 Å². The number of carbonyl (C=O) groups is 2. The van der Waals surface area contributed by atoms with Gasteiger partial charge in [-0.3, -0.25) is 14.6 Å².